The molecule has 1 aromatic rings. The molecule has 0 aromatic heterocycles. The fraction of sp³-hybridized carbons (Fsp3) is 0.417. The fourth-order valence-corrected chi connectivity index (χ4v) is 4.54. The predicted octanol–water partition coefficient (Wildman–Crippen LogP) is 1.71. The van der Waals surface area contributed by atoms with Gasteiger partial charge in [0.15, 0.2) is 14.6 Å². The molecule has 0 saturated heterocycles. The molecule has 1 aliphatic carbocycles. The van der Waals surface area contributed by atoms with Crippen LogP contribution in [0.5, 0.6) is 0 Å². The summed E-state index contributed by atoms with van der Waals surface area (Å²) in [5.41, 5.74) is 0. The van der Waals surface area contributed by atoms with E-state index < -0.39 is 20.6 Å². The minimum Gasteiger partial charge on any atom is -0.480 e. The molecule has 2 rings (SSSR count). The summed E-state index contributed by atoms with van der Waals surface area (Å²) in [4.78, 5) is 11.4. The highest BCUT2D eigenvalue weighted by Crippen LogP contribution is 2.47. The number of hydrogen-bond donors (Lipinski definition) is 1. The number of carbonyl (C=O) groups is 1. The van der Waals surface area contributed by atoms with Crippen LogP contribution >= 0.6 is 0 Å². The molecule has 0 amide bonds. The Morgan fingerprint density at radius 1 is 1.35 bits per heavy atom. The van der Waals surface area contributed by atoms with Crippen molar-refractivity contribution in [3.63, 3.8) is 0 Å². The van der Waals surface area contributed by atoms with Crippen molar-refractivity contribution in [3.8, 4) is 0 Å². The number of carboxylic acid groups (broad SMARTS) is 1. The lowest BCUT2D eigenvalue weighted by Crippen LogP contribution is -2.58. The zero-order chi connectivity index (χ0) is 12.7. The van der Waals surface area contributed by atoms with Crippen molar-refractivity contribution in [1.82, 2.24) is 0 Å². The lowest BCUT2D eigenvalue weighted by atomic mass is 9.74. The SMILES string of the molecule is CC1CCC1(C(=O)O)S(=O)(=O)c1ccccc1. The Bertz CT molecular complexity index is 535. The molecule has 17 heavy (non-hydrogen) atoms. The molecule has 0 aliphatic heterocycles. The van der Waals surface area contributed by atoms with E-state index in [0.717, 1.165) is 0 Å². The molecule has 1 fully saturated rings. The maximum absolute atomic E-state index is 12.4. The molecule has 92 valence electrons. The van der Waals surface area contributed by atoms with Crippen LogP contribution in [-0.2, 0) is 14.6 Å². The first-order valence-corrected chi connectivity index (χ1v) is 6.94. The van der Waals surface area contributed by atoms with E-state index in [1.807, 2.05) is 0 Å². The third kappa shape index (κ3) is 1.49. The molecule has 5 heteroatoms. The van der Waals surface area contributed by atoms with Crippen molar-refractivity contribution >= 4 is 15.8 Å². The minimum absolute atomic E-state index is 0.0916. The van der Waals surface area contributed by atoms with Gasteiger partial charge in [-0.3, -0.25) is 4.79 Å². The van der Waals surface area contributed by atoms with Gasteiger partial charge in [-0.15, -0.1) is 0 Å². The van der Waals surface area contributed by atoms with E-state index >= 15 is 0 Å². The Balaban J connectivity index is 2.56. The zero-order valence-corrected chi connectivity index (χ0v) is 10.3. The average Bonchev–Trinajstić information content (AvgIpc) is 2.27. The topological polar surface area (TPSA) is 71.4 Å². The second-order valence-electron chi connectivity index (χ2n) is 4.45. The van der Waals surface area contributed by atoms with Crippen LogP contribution in [0.2, 0.25) is 0 Å². The van der Waals surface area contributed by atoms with Gasteiger partial charge in [0.1, 0.15) is 0 Å². The number of carboxylic acids is 1. The van der Waals surface area contributed by atoms with Gasteiger partial charge in [0, 0.05) is 0 Å². The van der Waals surface area contributed by atoms with E-state index in [9.17, 15) is 18.3 Å². The summed E-state index contributed by atoms with van der Waals surface area (Å²) < 4.78 is 23.2. The molecule has 0 spiro atoms. The first kappa shape index (κ1) is 12.1. The third-order valence-corrected chi connectivity index (χ3v) is 6.27. The lowest BCUT2D eigenvalue weighted by molar-refractivity contribution is -0.144. The summed E-state index contributed by atoms with van der Waals surface area (Å²) in [6, 6.07) is 7.81. The largest absolute Gasteiger partial charge is 0.480 e. The molecule has 1 N–H and O–H groups in total. The monoisotopic (exact) mass is 254 g/mol. The van der Waals surface area contributed by atoms with Crippen LogP contribution < -0.4 is 0 Å². The average molecular weight is 254 g/mol. The van der Waals surface area contributed by atoms with E-state index in [0.29, 0.717) is 6.42 Å². The second-order valence-corrected chi connectivity index (χ2v) is 6.66. The summed E-state index contributed by atoms with van der Waals surface area (Å²) in [6.07, 6.45) is 0.832. The van der Waals surface area contributed by atoms with Gasteiger partial charge in [0.2, 0.25) is 0 Å². The van der Waals surface area contributed by atoms with Crippen molar-refractivity contribution in [2.75, 3.05) is 0 Å². The molecule has 0 heterocycles. The smallest absolute Gasteiger partial charge is 0.325 e. The lowest BCUT2D eigenvalue weighted by Gasteiger charge is -2.43. The van der Waals surface area contributed by atoms with E-state index in [4.69, 9.17) is 0 Å². The molecular formula is C12H14O4S. The van der Waals surface area contributed by atoms with E-state index in [1.54, 1.807) is 25.1 Å². The Kier molecular flexibility index (Phi) is 2.73. The van der Waals surface area contributed by atoms with Crippen LogP contribution in [0.15, 0.2) is 35.2 Å². The highest BCUT2D eigenvalue weighted by molar-refractivity contribution is 7.93. The second kappa shape index (κ2) is 3.84. The highest BCUT2D eigenvalue weighted by Gasteiger charge is 2.60. The minimum atomic E-state index is -3.81. The normalized spacial score (nSPS) is 28.4. The number of hydrogen-bond acceptors (Lipinski definition) is 3. The number of sulfone groups is 1. The van der Waals surface area contributed by atoms with Crippen LogP contribution in [0.3, 0.4) is 0 Å². The molecule has 1 aromatic carbocycles. The molecule has 2 atom stereocenters. The van der Waals surface area contributed by atoms with Gasteiger partial charge in [0.05, 0.1) is 4.90 Å². The van der Waals surface area contributed by atoms with Crippen LogP contribution in [0.25, 0.3) is 0 Å². The maximum Gasteiger partial charge on any atom is 0.325 e. The van der Waals surface area contributed by atoms with Crippen LogP contribution in [0.4, 0.5) is 0 Å². The van der Waals surface area contributed by atoms with Gasteiger partial charge >= 0.3 is 5.97 Å². The predicted molar refractivity (Wildman–Crippen MR) is 62.4 cm³/mol. The van der Waals surface area contributed by atoms with Crippen LogP contribution in [0, 0.1) is 5.92 Å². The van der Waals surface area contributed by atoms with Crippen molar-refractivity contribution < 1.29 is 18.3 Å². The Morgan fingerprint density at radius 3 is 2.29 bits per heavy atom. The van der Waals surface area contributed by atoms with Crippen LogP contribution in [-0.4, -0.2) is 24.2 Å². The number of rotatable bonds is 3. The van der Waals surface area contributed by atoms with Crippen molar-refractivity contribution in [2.24, 2.45) is 5.92 Å². The summed E-state index contributed by atoms with van der Waals surface area (Å²) >= 11 is 0. The Morgan fingerprint density at radius 2 is 1.94 bits per heavy atom. The van der Waals surface area contributed by atoms with E-state index in [1.165, 1.54) is 12.1 Å². The summed E-state index contributed by atoms with van der Waals surface area (Å²) in [7, 11) is -3.81. The standard InChI is InChI=1S/C12H14O4S/c1-9-7-8-12(9,11(13)14)17(15,16)10-5-3-2-4-6-10/h2-6,9H,7-8H2,1H3,(H,13,14). The number of aliphatic carboxylic acids is 1. The molecular weight excluding hydrogens is 240 g/mol. The maximum atomic E-state index is 12.4. The van der Waals surface area contributed by atoms with Crippen LogP contribution in [0.1, 0.15) is 19.8 Å². The Hall–Kier alpha value is -1.36. The number of benzene rings is 1. The fourth-order valence-electron chi connectivity index (χ4n) is 2.34. The summed E-state index contributed by atoms with van der Waals surface area (Å²) in [5.74, 6) is -1.58. The van der Waals surface area contributed by atoms with Gasteiger partial charge in [-0.05, 0) is 30.9 Å². The van der Waals surface area contributed by atoms with Gasteiger partial charge in [-0.1, -0.05) is 25.1 Å². The molecule has 2 unspecified atom stereocenters. The molecule has 1 saturated carbocycles. The van der Waals surface area contributed by atoms with Gasteiger partial charge in [-0.2, -0.15) is 0 Å². The van der Waals surface area contributed by atoms with Gasteiger partial charge in [-0.25, -0.2) is 8.42 Å². The highest BCUT2D eigenvalue weighted by atomic mass is 32.2. The first-order chi connectivity index (χ1) is 7.93. The van der Waals surface area contributed by atoms with E-state index in [2.05, 4.69) is 0 Å². The summed E-state index contributed by atoms with van der Waals surface area (Å²) in [6.45, 7) is 1.68. The van der Waals surface area contributed by atoms with Gasteiger partial charge < -0.3 is 5.11 Å². The third-order valence-electron chi connectivity index (χ3n) is 3.64. The summed E-state index contributed by atoms with van der Waals surface area (Å²) in [5, 5.41) is 9.27. The molecule has 1 aliphatic rings. The Labute approximate surface area is 100 Å². The molecule has 0 bridgehead atoms. The van der Waals surface area contributed by atoms with Gasteiger partial charge in [0.25, 0.3) is 0 Å². The van der Waals surface area contributed by atoms with Crippen molar-refractivity contribution in [3.05, 3.63) is 30.3 Å². The quantitative estimate of drug-likeness (QED) is 0.891. The van der Waals surface area contributed by atoms with E-state index in [-0.39, 0.29) is 17.2 Å². The van der Waals surface area contributed by atoms with Crippen molar-refractivity contribution in [1.29, 1.82) is 0 Å². The molecule has 0 radical (unpaired) electrons. The molecule has 4 nitrogen and oxygen atoms in total. The van der Waals surface area contributed by atoms with Crippen molar-refractivity contribution in [2.45, 2.75) is 29.4 Å². The first-order valence-electron chi connectivity index (χ1n) is 5.46. The zero-order valence-electron chi connectivity index (χ0n) is 9.46.